The Morgan fingerprint density at radius 1 is 1.27 bits per heavy atom. The van der Waals surface area contributed by atoms with Crippen molar-refractivity contribution in [2.45, 2.75) is 33.1 Å². The van der Waals surface area contributed by atoms with Crippen molar-refractivity contribution in [1.82, 2.24) is 0 Å². The van der Waals surface area contributed by atoms with Gasteiger partial charge in [0.2, 0.25) is 0 Å². The number of carbonyl (C=O) groups is 1. The predicted octanol–water partition coefficient (Wildman–Crippen LogP) is 0.435. The molecule has 0 amide bonds. The molecule has 0 aliphatic heterocycles. The molecule has 0 aliphatic carbocycles. The maximum Gasteiger partial charge on any atom is 0.303 e. The van der Waals surface area contributed by atoms with Crippen LogP contribution in [0.15, 0.2) is 0 Å². The predicted molar refractivity (Wildman–Crippen MR) is 43.5 cm³/mol. The summed E-state index contributed by atoms with van der Waals surface area (Å²) in [6, 6.07) is 0. The van der Waals surface area contributed by atoms with E-state index in [-0.39, 0.29) is 5.48 Å². The third-order valence-electron chi connectivity index (χ3n) is 0.687. The second kappa shape index (κ2) is 16.2. The van der Waals surface area contributed by atoms with Crippen LogP contribution in [-0.4, -0.2) is 28.3 Å². The zero-order chi connectivity index (χ0) is 8.41. The average molecular weight is 166 g/mol. The van der Waals surface area contributed by atoms with Gasteiger partial charge >= 0.3 is 5.97 Å². The Morgan fingerprint density at radius 3 is 1.64 bits per heavy atom. The smallest absolute Gasteiger partial charge is 0.303 e. The standard InChI is InChI=1S/C4H8O2.C3H8O.H2O/c1-2-3-4(5)6;1-2-3-4;/h2-3H2,1H3,(H,5,6);4H,2-3H2,1H3;1H2. The second-order valence-electron chi connectivity index (χ2n) is 1.87. The van der Waals surface area contributed by atoms with Gasteiger partial charge in [0.15, 0.2) is 0 Å². The van der Waals surface area contributed by atoms with E-state index in [1.165, 1.54) is 0 Å². The molecule has 4 heteroatoms. The summed E-state index contributed by atoms with van der Waals surface area (Å²) in [4.78, 5) is 9.60. The summed E-state index contributed by atoms with van der Waals surface area (Å²) in [6.07, 6.45) is 1.90. The quantitative estimate of drug-likeness (QED) is 0.637. The van der Waals surface area contributed by atoms with Gasteiger partial charge in [-0.1, -0.05) is 13.8 Å². The molecule has 0 saturated heterocycles. The van der Waals surface area contributed by atoms with Crippen LogP contribution in [0.4, 0.5) is 0 Å². The number of hydrogen-bond donors (Lipinski definition) is 2. The maximum atomic E-state index is 9.60. The number of carboxylic acid groups (broad SMARTS) is 1. The van der Waals surface area contributed by atoms with Gasteiger partial charge in [-0.3, -0.25) is 4.79 Å². The van der Waals surface area contributed by atoms with E-state index in [0.29, 0.717) is 13.0 Å². The van der Waals surface area contributed by atoms with Crippen LogP contribution in [0.2, 0.25) is 0 Å². The normalized spacial score (nSPS) is 7.18. The van der Waals surface area contributed by atoms with Crippen molar-refractivity contribution in [3.63, 3.8) is 0 Å². The lowest BCUT2D eigenvalue weighted by Crippen LogP contribution is -1.90. The molecule has 0 heterocycles. The Hall–Kier alpha value is -0.610. The number of hydrogen-bond acceptors (Lipinski definition) is 2. The fourth-order valence-corrected chi connectivity index (χ4v) is 0.214. The Morgan fingerprint density at radius 2 is 1.64 bits per heavy atom. The molecular weight excluding hydrogens is 148 g/mol. The molecule has 0 rings (SSSR count). The first-order valence-corrected chi connectivity index (χ1v) is 3.51. The van der Waals surface area contributed by atoms with Gasteiger partial charge in [0.1, 0.15) is 0 Å². The number of aliphatic hydroxyl groups excluding tert-OH is 1. The van der Waals surface area contributed by atoms with E-state index in [4.69, 9.17) is 10.2 Å². The lowest BCUT2D eigenvalue weighted by molar-refractivity contribution is -0.137. The van der Waals surface area contributed by atoms with Gasteiger partial charge in [0.25, 0.3) is 0 Å². The highest BCUT2D eigenvalue weighted by Crippen LogP contribution is 1.82. The van der Waals surface area contributed by atoms with Gasteiger partial charge < -0.3 is 15.7 Å². The zero-order valence-corrected chi connectivity index (χ0v) is 7.13. The fraction of sp³-hybridized carbons (Fsp3) is 0.857. The topological polar surface area (TPSA) is 89.0 Å². The van der Waals surface area contributed by atoms with Gasteiger partial charge in [-0.25, -0.2) is 0 Å². The Kier molecular flexibility index (Phi) is 24.7. The van der Waals surface area contributed by atoms with Gasteiger partial charge in [-0.2, -0.15) is 0 Å². The molecule has 0 aromatic heterocycles. The van der Waals surface area contributed by atoms with E-state index in [0.717, 1.165) is 12.8 Å². The lowest BCUT2D eigenvalue weighted by Gasteiger charge is -1.79. The largest absolute Gasteiger partial charge is 0.481 e. The van der Waals surface area contributed by atoms with Gasteiger partial charge in [0.05, 0.1) is 0 Å². The second-order valence-corrected chi connectivity index (χ2v) is 1.87. The number of rotatable bonds is 3. The minimum absolute atomic E-state index is 0. The molecule has 0 saturated carbocycles. The highest BCUT2D eigenvalue weighted by molar-refractivity contribution is 5.66. The van der Waals surface area contributed by atoms with E-state index in [2.05, 4.69) is 0 Å². The first-order chi connectivity index (χ1) is 4.68. The van der Waals surface area contributed by atoms with Gasteiger partial charge in [0, 0.05) is 13.0 Å². The highest BCUT2D eigenvalue weighted by atomic mass is 16.4. The first-order valence-electron chi connectivity index (χ1n) is 3.51. The highest BCUT2D eigenvalue weighted by Gasteiger charge is 1.87. The summed E-state index contributed by atoms with van der Waals surface area (Å²) in [5.74, 6) is -0.711. The molecule has 0 radical (unpaired) electrons. The van der Waals surface area contributed by atoms with Crippen LogP contribution in [0.25, 0.3) is 0 Å². The van der Waals surface area contributed by atoms with Crippen LogP contribution in [0.1, 0.15) is 33.1 Å². The van der Waals surface area contributed by atoms with Crippen molar-refractivity contribution in [1.29, 1.82) is 0 Å². The van der Waals surface area contributed by atoms with Crippen molar-refractivity contribution in [3.8, 4) is 0 Å². The summed E-state index contributed by atoms with van der Waals surface area (Å²) in [7, 11) is 0. The van der Waals surface area contributed by atoms with Crippen molar-refractivity contribution >= 4 is 5.97 Å². The number of aliphatic hydroxyl groups is 1. The fourth-order valence-electron chi connectivity index (χ4n) is 0.214. The SMILES string of the molecule is CCCC(=O)O.CCCO.O. The summed E-state index contributed by atoms with van der Waals surface area (Å²) < 4.78 is 0. The molecule has 0 bridgehead atoms. The summed E-state index contributed by atoms with van der Waals surface area (Å²) in [5, 5.41) is 15.8. The van der Waals surface area contributed by atoms with Gasteiger partial charge in [-0.05, 0) is 12.8 Å². The molecule has 0 unspecified atom stereocenters. The van der Waals surface area contributed by atoms with E-state index in [1.807, 2.05) is 13.8 Å². The summed E-state index contributed by atoms with van der Waals surface area (Å²) in [5.41, 5.74) is 0. The zero-order valence-electron chi connectivity index (χ0n) is 7.13. The molecule has 0 atom stereocenters. The molecule has 4 N–H and O–H groups in total. The molecule has 4 nitrogen and oxygen atoms in total. The monoisotopic (exact) mass is 166 g/mol. The minimum atomic E-state index is -0.711. The average Bonchev–Trinajstić information content (AvgIpc) is 1.89. The van der Waals surface area contributed by atoms with Crippen molar-refractivity contribution in [2.24, 2.45) is 0 Å². The maximum absolute atomic E-state index is 9.60. The molecule has 0 spiro atoms. The van der Waals surface area contributed by atoms with Crippen molar-refractivity contribution < 1.29 is 20.5 Å². The van der Waals surface area contributed by atoms with Crippen LogP contribution in [0.3, 0.4) is 0 Å². The minimum Gasteiger partial charge on any atom is -0.481 e. The van der Waals surface area contributed by atoms with E-state index in [1.54, 1.807) is 0 Å². The number of aliphatic carboxylic acids is 1. The molecule has 0 aliphatic rings. The molecule has 70 valence electrons. The Bertz CT molecular complexity index is 70.8. The first kappa shape index (κ1) is 16.8. The number of carboxylic acids is 1. The van der Waals surface area contributed by atoms with E-state index in [9.17, 15) is 4.79 Å². The van der Waals surface area contributed by atoms with Crippen LogP contribution >= 0.6 is 0 Å². The van der Waals surface area contributed by atoms with Crippen LogP contribution in [0.5, 0.6) is 0 Å². The lowest BCUT2D eigenvalue weighted by atomic mass is 10.4. The van der Waals surface area contributed by atoms with Crippen LogP contribution < -0.4 is 0 Å². The van der Waals surface area contributed by atoms with Crippen LogP contribution in [0, 0.1) is 0 Å². The third-order valence-corrected chi connectivity index (χ3v) is 0.687. The van der Waals surface area contributed by atoms with Crippen LogP contribution in [-0.2, 0) is 4.79 Å². The summed E-state index contributed by atoms with van der Waals surface area (Å²) >= 11 is 0. The Balaban J connectivity index is -0.000000114. The molecule has 11 heavy (non-hydrogen) atoms. The van der Waals surface area contributed by atoms with Gasteiger partial charge in [-0.15, -0.1) is 0 Å². The molecular formula is C7H18O4. The third kappa shape index (κ3) is 44.6. The van der Waals surface area contributed by atoms with Crippen molar-refractivity contribution in [3.05, 3.63) is 0 Å². The molecule has 0 aromatic rings. The van der Waals surface area contributed by atoms with E-state index < -0.39 is 5.97 Å². The Labute approximate surface area is 67.2 Å². The summed E-state index contributed by atoms with van der Waals surface area (Å²) in [6.45, 7) is 4.09. The van der Waals surface area contributed by atoms with E-state index >= 15 is 0 Å². The molecule has 0 aromatic carbocycles. The van der Waals surface area contributed by atoms with Crippen molar-refractivity contribution in [2.75, 3.05) is 6.61 Å². The molecule has 0 fully saturated rings.